The summed E-state index contributed by atoms with van der Waals surface area (Å²) in [4.78, 5) is 36.3. The lowest BCUT2D eigenvalue weighted by atomic mass is 9.69. The first-order valence-corrected chi connectivity index (χ1v) is 13.6. The number of piperidine rings is 1. The number of H-pyrrole nitrogens is 1. The molecule has 4 atom stereocenters. The minimum atomic E-state index is -0.216. The van der Waals surface area contributed by atoms with Gasteiger partial charge >= 0.3 is 0 Å². The fourth-order valence-corrected chi connectivity index (χ4v) is 8.21. The summed E-state index contributed by atoms with van der Waals surface area (Å²) < 4.78 is 2.02. The highest BCUT2D eigenvalue weighted by Gasteiger charge is 2.47. The molecule has 2 aliphatic carbocycles. The van der Waals surface area contributed by atoms with Crippen molar-refractivity contribution in [2.75, 3.05) is 0 Å². The van der Waals surface area contributed by atoms with E-state index in [1.807, 2.05) is 28.8 Å². The molecular weight excluding hydrogens is 436 g/mol. The van der Waals surface area contributed by atoms with Crippen LogP contribution in [0.25, 0.3) is 22.4 Å². The second-order valence-electron chi connectivity index (χ2n) is 11.5. The topological polar surface area (TPSA) is 71.0 Å². The number of rotatable bonds is 3. The monoisotopic (exact) mass is 470 g/mol. The SMILES string of the molecule is O=c1cccc(-c2nc3ccccc3n(C3CC4CCC(C3)N4C3CC4CCCC(C4)C3)c2=O)[nH]1. The largest absolute Gasteiger partial charge is 0.320 e. The van der Waals surface area contributed by atoms with E-state index in [0.717, 1.165) is 41.8 Å². The zero-order valence-electron chi connectivity index (χ0n) is 20.2. The van der Waals surface area contributed by atoms with Crippen molar-refractivity contribution in [2.45, 2.75) is 88.4 Å². The number of pyridine rings is 1. The first-order valence-electron chi connectivity index (χ1n) is 13.6. The maximum absolute atomic E-state index is 13.9. The fraction of sp³-hybridized carbons (Fsp3) is 0.552. The van der Waals surface area contributed by atoms with Gasteiger partial charge in [0.2, 0.25) is 5.56 Å². The number of benzene rings is 1. The molecule has 6 heteroatoms. The molecule has 4 unspecified atom stereocenters. The van der Waals surface area contributed by atoms with Crippen LogP contribution in [0.5, 0.6) is 0 Å². The van der Waals surface area contributed by atoms with Gasteiger partial charge in [-0.25, -0.2) is 4.98 Å². The molecular formula is C29H34N4O2. The van der Waals surface area contributed by atoms with Crippen LogP contribution < -0.4 is 11.1 Å². The maximum Gasteiger partial charge on any atom is 0.279 e. The van der Waals surface area contributed by atoms with E-state index in [4.69, 9.17) is 4.98 Å². The molecule has 4 fully saturated rings. The number of fused-ring (bicyclic) bond motifs is 5. The standard InChI is InChI=1S/C29H34N4O2/c34-27-10-4-8-25(30-27)28-29(35)33(26-9-2-1-7-24(26)31-28)23-16-20-11-12-21(17-23)32(20)22-14-18-5-3-6-19(13-18)15-22/h1-2,4,7-10,18-23H,3,5-6,11-17H2,(H,30,34). The molecule has 182 valence electrons. The molecule has 4 bridgehead atoms. The second kappa shape index (κ2) is 8.44. The lowest BCUT2D eigenvalue weighted by molar-refractivity contribution is 0.00791. The molecule has 2 saturated heterocycles. The quantitative estimate of drug-likeness (QED) is 0.592. The Morgan fingerprint density at radius 3 is 2.23 bits per heavy atom. The number of hydrogen-bond acceptors (Lipinski definition) is 4. The van der Waals surface area contributed by atoms with Crippen LogP contribution in [0.15, 0.2) is 52.1 Å². The van der Waals surface area contributed by atoms with Crippen LogP contribution in [0.3, 0.4) is 0 Å². The maximum atomic E-state index is 13.9. The van der Waals surface area contributed by atoms with E-state index in [-0.39, 0.29) is 17.2 Å². The van der Waals surface area contributed by atoms with E-state index < -0.39 is 0 Å². The molecule has 6 nitrogen and oxygen atoms in total. The Morgan fingerprint density at radius 1 is 0.743 bits per heavy atom. The van der Waals surface area contributed by atoms with E-state index in [2.05, 4.69) is 9.88 Å². The van der Waals surface area contributed by atoms with Crippen molar-refractivity contribution in [1.82, 2.24) is 19.4 Å². The summed E-state index contributed by atoms with van der Waals surface area (Å²) in [6.07, 6.45) is 13.1. The minimum absolute atomic E-state index is 0.0874. The predicted molar refractivity (Wildman–Crippen MR) is 137 cm³/mol. The van der Waals surface area contributed by atoms with Crippen LogP contribution in [0, 0.1) is 11.8 Å². The molecule has 7 rings (SSSR count). The van der Waals surface area contributed by atoms with Gasteiger partial charge in [-0.15, -0.1) is 0 Å². The molecule has 2 aliphatic heterocycles. The summed E-state index contributed by atoms with van der Waals surface area (Å²) in [5.41, 5.74) is 2.25. The molecule has 2 aromatic heterocycles. The number of nitrogens with zero attached hydrogens (tertiary/aromatic N) is 3. The zero-order chi connectivity index (χ0) is 23.5. The van der Waals surface area contributed by atoms with Crippen molar-refractivity contribution in [3.05, 3.63) is 63.2 Å². The first kappa shape index (κ1) is 21.5. The lowest BCUT2D eigenvalue weighted by Gasteiger charge is -2.49. The smallest absolute Gasteiger partial charge is 0.279 e. The van der Waals surface area contributed by atoms with Crippen molar-refractivity contribution < 1.29 is 0 Å². The highest BCUT2D eigenvalue weighted by atomic mass is 16.1. The van der Waals surface area contributed by atoms with E-state index in [0.29, 0.717) is 23.5 Å². The van der Waals surface area contributed by atoms with Gasteiger partial charge in [0.1, 0.15) is 0 Å². The van der Waals surface area contributed by atoms with E-state index >= 15 is 0 Å². The molecule has 0 spiro atoms. The van der Waals surface area contributed by atoms with Gasteiger partial charge < -0.3 is 9.55 Å². The van der Waals surface area contributed by atoms with Gasteiger partial charge in [-0.3, -0.25) is 14.5 Å². The third-order valence-corrected chi connectivity index (χ3v) is 9.47. The summed E-state index contributed by atoms with van der Waals surface area (Å²) in [6, 6.07) is 14.9. The van der Waals surface area contributed by atoms with Crippen LogP contribution in [0.2, 0.25) is 0 Å². The van der Waals surface area contributed by atoms with Gasteiger partial charge in [0.15, 0.2) is 5.69 Å². The number of aromatic nitrogens is 3. The number of nitrogens with one attached hydrogen (secondary N) is 1. The Kier molecular flexibility index (Phi) is 5.19. The molecule has 1 N–H and O–H groups in total. The number of para-hydroxylation sites is 2. The summed E-state index contributed by atoms with van der Waals surface area (Å²) >= 11 is 0. The highest BCUT2D eigenvalue weighted by molar-refractivity contribution is 5.77. The molecule has 4 heterocycles. The summed E-state index contributed by atoms with van der Waals surface area (Å²) in [7, 11) is 0. The van der Waals surface area contributed by atoms with Crippen molar-refractivity contribution in [3.8, 4) is 11.4 Å². The lowest BCUT2D eigenvalue weighted by Crippen LogP contribution is -2.52. The Labute approximate surface area is 205 Å². The normalized spacial score (nSPS) is 32.7. The zero-order valence-corrected chi connectivity index (χ0v) is 20.2. The molecule has 35 heavy (non-hydrogen) atoms. The van der Waals surface area contributed by atoms with Crippen molar-refractivity contribution in [1.29, 1.82) is 0 Å². The summed E-state index contributed by atoms with van der Waals surface area (Å²) in [5.74, 6) is 1.87. The van der Waals surface area contributed by atoms with Crippen LogP contribution in [-0.2, 0) is 0 Å². The van der Waals surface area contributed by atoms with E-state index in [1.165, 1.54) is 57.4 Å². The molecule has 1 aromatic carbocycles. The van der Waals surface area contributed by atoms with Crippen molar-refractivity contribution in [2.24, 2.45) is 11.8 Å². The van der Waals surface area contributed by atoms with Gasteiger partial charge in [-0.05, 0) is 75.0 Å². The number of hydrogen-bond donors (Lipinski definition) is 1. The minimum Gasteiger partial charge on any atom is -0.320 e. The molecule has 2 saturated carbocycles. The number of aromatic amines is 1. The van der Waals surface area contributed by atoms with Gasteiger partial charge in [0.05, 0.1) is 16.7 Å². The average Bonchev–Trinajstić information content (AvgIpc) is 3.13. The van der Waals surface area contributed by atoms with Gasteiger partial charge in [0, 0.05) is 30.2 Å². The van der Waals surface area contributed by atoms with Crippen LogP contribution in [0.4, 0.5) is 0 Å². The molecule has 3 aromatic rings. The predicted octanol–water partition coefficient (Wildman–Crippen LogP) is 4.89. The van der Waals surface area contributed by atoms with Crippen LogP contribution >= 0.6 is 0 Å². The summed E-state index contributed by atoms with van der Waals surface area (Å²) in [6.45, 7) is 0. The summed E-state index contributed by atoms with van der Waals surface area (Å²) in [5, 5.41) is 0. The van der Waals surface area contributed by atoms with Crippen LogP contribution in [0.1, 0.15) is 70.3 Å². The molecule has 0 amide bonds. The Bertz CT molecular complexity index is 1350. The van der Waals surface area contributed by atoms with E-state index in [1.54, 1.807) is 12.1 Å². The van der Waals surface area contributed by atoms with Gasteiger partial charge in [-0.1, -0.05) is 37.5 Å². The Hall–Kier alpha value is -2.73. The third-order valence-electron chi connectivity index (χ3n) is 9.47. The third kappa shape index (κ3) is 3.68. The molecule has 0 radical (unpaired) electrons. The first-order chi connectivity index (χ1) is 17.1. The fourth-order valence-electron chi connectivity index (χ4n) is 8.21. The van der Waals surface area contributed by atoms with Gasteiger partial charge in [-0.2, -0.15) is 0 Å². The average molecular weight is 471 g/mol. The Balaban J connectivity index is 1.25. The van der Waals surface area contributed by atoms with E-state index in [9.17, 15) is 9.59 Å². The van der Waals surface area contributed by atoms with Gasteiger partial charge in [0.25, 0.3) is 5.56 Å². The highest BCUT2D eigenvalue weighted by Crippen LogP contribution is 2.48. The van der Waals surface area contributed by atoms with Crippen molar-refractivity contribution >= 4 is 11.0 Å². The van der Waals surface area contributed by atoms with Crippen LogP contribution in [-0.4, -0.2) is 37.6 Å². The van der Waals surface area contributed by atoms with Crippen molar-refractivity contribution in [3.63, 3.8) is 0 Å². The molecule has 4 aliphatic rings. The Morgan fingerprint density at radius 2 is 1.49 bits per heavy atom. The second-order valence-corrected chi connectivity index (χ2v) is 11.5.